The lowest BCUT2D eigenvalue weighted by Gasteiger charge is -2.35. The molecule has 1 aromatic rings. The Hall–Kier alpha value is -0.650. The van der Waals surface area contributed by atoms with E-state index >= 15 is 0 Å². The van der Waals surface area contributed by atoms with E-state index in [1.54, 1.807) is 6.07 Å². The molecule has 0 aliphatic carbocycles. The molecule has 1 aliphatic rings. The molecule has 1 aromatic carbocycles. The van der Waals surface area contributed by atoms with E-state index in [-0.39, 0.29) is 11.8 Å². The summed E-state index contributed by atoms with van der Waals surface area (Å²) in [7, 11) is 0. The summed E-state index contributed by atoms with van der Waals surface area (Å²) in [6, 6.07) is 3.59. The van der Waals surface area contributed by atoms with Gasteiger partial charge in [-0.3, -0.25) is 4.90 Å². The molecular weight excluding hydrogens is 311 g/mol. The van der Waals surface area contributed by atoms with Gasteiger partial charge in [0.1, 0.15) is 0 Å². The summed E-state index contributed by atoms with van der Waals surface area (Å²) in [5.41, 5.74) is 0.699. The zero-order valence-electron chi connectivity index (χ0n) is 11.1. The van der Waals surface area contributed by atoms with Gasteiger partial charge in [0.25, 0.3) is 0 Å². The van der Waals surface area contributed by atoms with Gasteiger partial charge in [-0.2, -0.15) is 0 Å². The Morgan fingerprint density at radius 2 is 2.11 bits per heavy atom. The standard InChI is InChI=1S/C14H20BrFN2O/c1-2-3-12(18-8-6-17-7-9-18)10-4-5-11(15)13(16)14(10)19/h4-5,12,17,19H,2-3,6-9H2,1H3/t12-/m0/s1. The number of halogens is 2. The molecule has 0 bridgehead atoms. The number of nitrogens with zero attached hydrogens (tertiary/aromatic N) is 1. The van der Waals surface area contributed by atoms with Gasteiger partial charge >= 0.3 is 0 Å². The monoisotopic (exact) mass is 330 g/mol. The van der Waals surface area contributed by atoms with Crippen LogP contribution in [0.1, 0.15) is 31.4 Å². The van der Waals surface area contributed by atoms with Crippen molar-refractivity contribution in [2.45, 2.75) is 25.8 Å². The largest absolute Gasteiger partial charge is 0.505 e. The number of phenolic OH excluding ortho intramolecular Hbond substituents is 1. The number of hydrogen-bond donors (Lipinski definition) is 2. The number of benzene rings is 1. The summed E-state index contributed by atoms with van der Waals surface area (Å²) in [5, 5.41) is 13.4. The SMILES string of the molecule is CCC[C@@H](c1ccc(Br)c(F)c1O)N1CCNCC1. The highest BCUT2D eigenvalue weighted by atomic mass is 79.9. The van der Waals surface area contributed by atoms with Crippen LogP contribution in [0.15, 0.2) is 16.6 Å². The molecule has 1 heterocycles. The van der Waals surface area contributed by atoms with Crippen LogP contribution < -0.4 is 5.32 Å². The average Bonchev–Trinajstić information content (AvgIpc) is 2.44. The molecule has 19 heavy (non-hydrogen) atoms. The molecule has 0 spiro atoms. The third-order valence-corrected chi connectivity index (χ3v) is 4.23. The first-order valence-corrected chi connectivity index (χ1v) is 7.56. The van der Waals surface area contributed by atoms with E-state index in [2.05, 4.69) is 33.1 Å². The highest BCUT2D eigenvalue weighted by Crippen LogP contribution is 2.36. The number of aromatic hydroxyl groups is 1. The maximum absolute atomic E-state index is 13.8. The minimum absolute atomic E-state index is 0.0923. The molecule has 106 valence electrons. The number of nitrogens with one attached hydrogen (secondary N) is 1. The van der Waals surface area contributed by atoms with Crippen LogP contribution in [0.2, 0.25) is 0 Å². The van der Waals surface area contributed by atoms with Gasteiger partial charge in [-0.25, -0.2) is 4.39 Å². The minimum Gasteiger partial charge on any atom is -0.505 e. The molecule has 0 aromatic heterocycles. The Labute approximate surface area is 121 Å². The number of piperazine rings is 1. The summed E-state index contributed by atoms with van der Waals surface area (Å²) in [6.45, 7) is 5.87. The van der Waals surface area contributed by atoms with Crippen molar-refractivity contribution in [1.82, 2.24) is 10.2 Å². The molecule has 1 aliphatic heterocycles. The lowest BCUT2D eigenvalue weighted by Crippen LogP contribution is -2.45. The average molecular weight is 331 g/mol. The second-order valence-electron chi connectivity index (χ2n) is 4.89. The third kappa shape index (κ3) is 3.27. The van der Waals surface area contributed by atoms with E-state index in [9.17, 15) is 9.50 Å². The van der Waals surface area contributed by atoms with Gasteiger partial charge in [-0.05, 0) is 28.4 Å². The van der Waals surface area contributed by atoms with E-state index in [1.807, 2.05) is 6.07 Å². The van der Waals surface area contributed by atoms with Crippen molar-refractivity contribution in [3.8, 4) is 5.75 Å². The minimum atomic E-state index is -0.561. The maximum Gasteiger partial charge on any atom is 0.179 e. The van der Waals surface area contributed by atoms with E-state index in [4.69, 9.17) is 0 Å². The molecule has 3 nitrogen and oxygen atoms in total. The second-order valence-corrected chi connectivity index (χ2v) is 5.74. The zero-order valence-corrected chi connectivity index (χ0v) is 12.7. The molecule has 0 amide bonds. The number of hydrogen-bond acceptors (Lipinski definition) is 3. The van der Waals surface area contributed by atoms with Crippen molar-refractivity contribution >= 4 is 15.9 Å². The lowest BCUT2D eigenvalue weighted by atomic mass is 9.98. The molecule has 2 rings (SSSR count). The zero-order chi connectivity index (χ0) is 13.8. The van der Waals surface area contributed by atoms with E-state index in [0.717, 1.165) is 39.0 Å². The Bertz CT molecular complexity index is 436. The predicted octanol–water partition coefficient (Wildman–Crippen LogP) is 3.04. The van der Waals surface area contributed by atoms with Crippen LogP contribution in [0.4, 0.5) is 4.39 Å². The molecule has 0 unspecified atom stereocenters. The van der Waals surface area contributed by atoms with Crippen LogP contribution in [-0.2, 0) is 0 Å². The van der Waals surface area contributed by atoms with Crippen LogP contribution in [-0.4, -0.2) is 36.2 Å². The summed E-state index contributed by atoms with van der Waals surface area (Å²) in [4.78, 5) is 2.32. The molecule has 2 N–H and O–H groups in total. The Balaban J connectivity index is 2.30. The van der Waals surface area contributed by atoms with Gasteiger partial charge < -0.3 is 10.4 Å². The van der Waals surface area contributed by atoms with Crippen LogP contribution in [0, 0.1) is 5.82 Å². The Kier molecular flexibility index (Phi) is 5.19. The van der Waals surface area contributed by atoms with Crippen molar-refractivity contribution in [3.63, 3.8) is 0 Å². The Morgan fingerprint density at radius 1 is 1.42 bits per heavy atom. The quantitative estimate of drug-likeness (QED) is 0.890. The van der Waals surface area contributed by atoms with Gasteiger partial charge in [-0.1, -0.05) is 19.4 Å². The van der Waals surface area contributed by atoms with Crippen LogP contribution in [0.25, 0.3) is 0 Å². The highest BCUT2D eigenvalue weighted by Gasteiger charge is 2.25. The molecule has 5 heteroatoms. The van der Waals surface area contributed by atoms with Crippen molar-refractivity contribution in [1.29, 1.82) is 0 Å². The molecule has 1 fully saturated rings. The highest BCUT2D eigenvalue weighted by molar-refractivity contribution is 9.10. The lowest BCUT2D eigenvalue weighted by molar-refractivity contribution is 0.161. The normalized spacial score (nSPS) is 18.5. The van der Waals surface area contributed by atoms with E-state index < -0.39 is 5.82 Å². The van der Waals surface area contributed by atoms with E-state index in [1.165, 1.54) is 0 Å². The van der Waals surface area contributed by atoms with Gasteiger partial charge in [-0.15, -0.1) is 0 Å². The van der Waals surface area contributed by atoms with Gasteiger partial charge in [0.05, 0.1) is 4.47 Å². The van der Waals surface area contributed by atoms with Gasteiger partial charge in [0, 0.05) is 37.8 Å². The van der Waals surface area contributed by atoms with Crippen molar-refractivity contribution < 1.29 is 9.50 Å². The first kappa shape index (κ1) is 14.8. The molecule has 1 atom stereocenters. The van der Waals surface area contributed by atoms with E-state index in [0.29, 0.717) is 10.0 Å². The first-order valence-electron chi connectivity index (χ1n) is 6.76. The van der Waals surface area contributed by atoms with Crippen molar-refractivity contribution in [2.24, 2.45) is 0 Å². The number of rotatable bonds is 4. The topological polar surface area (TPSA) is 35.5 Å². The molecule has 1 saturated heterocycles. The summed E-state index contributed by atoms with van der Waals surface area (Å²) in [6.07, 6.45) is 1.93. The smallest absolute Gasteiger partial charge is 0.179 e. The molecule has 0 saturated carbocycles. The van der Waals surface area contributed by atoms with Crippen LogP contribution in [0.3, 0.4) is 0 Å². The fraction of sp³-hybridized carbons (Fsp3) is 0.571. The predicted molar refractivity (Wildman–Crippen MR) is 77.9 cm³/mol. The summed E-state index contributed by atoms with van der Waals surface area (Å²) in [5.74, 6) is -0.778. The summed E-state index contributed by atoms with van der Waals surface area (Å²) >= 11 is 3.11. The maximum atomic E-state index is 13.8. The van der Waals surface area contributed by atoms with Gasteiger partial charge in [0.15, 0.2) is 11.6 Å². The van der Waals surface area contributed by atoms with Crippen LogP contribution in [0.5, 0.6) is 5.75 Å². The van der Waals surface area contributed by atoms with Crippen molar-refractivity contribution in [2.75, 3.05) is 26.2 Å². The summed E-state index contributed by atoms with van der Waals surface area (Å²) < 4.78 is 14.1. The second kappa shape index (κ2) is 6.68. The third-order valence-electron chi connectivity index (χ3n) is 3.61. The van der Waals surface area contributed by atoms with Gasteiger partial charge in [0.2, 0.25) is 0 Å². The van der Waals surface area contributed by atoms with Crippen LogP contribution >= 0.6 is 15.9 Å². The molecular formula is C14H20BrFN2O. The molecule has 0 radical (unpaired) electrons. The fourth-order valence-electron chi connectivity index (χ4n) is 2.63. The fourth-order valence-corrected chi connectivity index (χ4v) is 2.95. The number of phenols is 1. The Morgan fingerprint density at radius 3 is 2.74 bits per heavy atom. The van der Waals surface area contributed by atoms with Crippen molar-refractivity contribution in [3.05, 3.63) is 28.0 Å². The first-order chi connectivity index (χ1) is 9.15.